The molecule has 0 radical (unpaired) electrons. The number of aromatic nitrogens is 3. The molecule has 0 amide bonds. The molecule has 6 nitrogen and oxygen atoms in total. The molecule has 2 rings (SSSR count). The maximum absolute atomic E-state index is 5.79. The second-order valence-corrected chi connectivity index (χ2v) is 5.02. The van der Waals surface area contributed by atoms with Gasteiger partial charge in [0.05, 0.1) is 12.8 Å². The Bertz CT molecular complexity index is 537. The molecule has 0 saturated carbocycles. The fourth-order valence-electron chi connectivity index (χ4n) is 1.89. The number of anilines is 1. The lowest BCUT2D eigenvalue weighted by atomic mass is 10.4. The van der Waals surface area contributed by atoms with Crippen LogP contribution >= 0.6 is 0 Å². The third kappa shape index (κ3) is 3.84. The van der Waals surface area contributed by atoms with Crippen molar-refractivity contribution >= 4 is 11.5 Å². The van der Waals surface area contributed by atoms with Crippen molar-refractivity contribution in [3.05, 3.63) is 18.6 Å². The number of hydrogen-bond acceptors (Lipinski definition) is 5. The van der Waals surface area contributed by atoms with Crippen molar-refractivity contribution in [3.8, 4) is 5.88 Å². The van der Waals surface area contributed by atoms with Gasteiger partial charge in [0.25, 0.3) is 5.88 Å². The average molecular weight is 277 g/mol. The van der Waals surface area contributed by atoms with Gasteiger partial charge in [0, 0.05) is 25.5 Å². The summed E-state index contributed by atoms with van der Waals surface area (Å²) in [6.07, 6.45) is 7.62. The monoisotopic (exact) mass is 277 g/mol. The van der Waals surface area contributed by atoms with Crippen LogP contribution in [0.1, 0.15) is 19.8 Å². The lowest BCUT2D eigenvalue weighted by molar-refractivity contribution is 0.275. The lowest BCUT2D eigenvalue weighted by Gasteiger charge is -2.12. The van der Waals surface area contributed by atoms with Gasteiger partial charge in [0.2, 0.25) is 5.65 Å². The zero-order chi connectivity index (χ0) is 14.4. The Kier molecular flexibility index (Phi) is 5.17. The fourth-order valence-corrected chi connectivity index (χ4v) is 1.89. The number of nitrogens with zero attached hydrogens (tertiary/aromatic N) is 4. The van der Waals surface area contributed by atoms with Crippen LogP contribution in [0.3, 0.4) is 0 Å². The number of hydrogen-bond donors (Lipinski definition) is 1. The molecule has 0 aliphatic rings. The Morgan fingerprint density at radius 3 is 3.00 bits per heavy atom. The molecule has 0 bridgehead atoms. The van der Waals surface area contributed by atoms with Gasteiger partial charge >= 0.3 is 0 Å². The second-order valence-electron chi connectivity index (χ2n) is 5.02. The van der Waals surface area contributed by atoms with E-state index in [1.54, 1.807) is 6.20 Å². The highest BCUT2D eigenvalue weighted by atomic mass is 16.5. The predicted octanol–water partition coefficient (Wildman–Crippen LogP) is 1.88. The van der Waals surface area contributed by atoms with E-state index in [1.165, 1.54) is 0 Å². The van der Waals surface area contributed by atoms with Crippen molar-refractivity contribution < 1.29 is 4.74 Å². The molecule has 0 spiro atoms. The molecule has 2 aromatic rings. The quantitative estimate of drug-likeness (QED) is 0.747. The molecule has 20 heavy (non-hydrogen) atoms. The van der Waals surface area contributed by atoms with E-state index in [4.69, 9.17) is 4.74 Å². The number of rotatable bonds is 8. The van der Waals surface area contributed by atoms with Crippen molar-refractivity contribution in [1.29, 1.82) is 0 Å². The van der Waals surface area contributed by atoms with E-state index >= 15 is 0 Å². The summed E-state index contributed by atoms with van der Waals surface area (Å²) in [6.45, 7) is 4.66. The maximum Gasteiger partial charge on any atom is 0.260 e. The van der Waals surface area contributed by atoms with E-state index in [0.29, 0.717) is 12.5 Å². The molecule has 0 saturated heterocycles. The van der Waals surface area contributed by atoms with Crippen molar-refractivity contribution in [2.45, 2.75) is 19.8 Å². The lowest BCUT2D eigenvalue weighted by Crippen LogP contribution is -2.16. The van der Waals surface area contributed by atoms with Gasteiger partial charge in [-0.2, -0.15) is 4.98 Å². The Hall–Kier alpha value is -1.82. The minimum Gasteiger partial charge on any atom is -0.475 e. The summed E-state index contributed by atoms with van der Waals surface area (Å²) in [5.74, 6) is 1.41. The van der Waals surface area contributed by atoms with Crippen molar-refractivity contribution in [3.63, 3.8) is 0 Å². The van der Waals surface area contributed by atoms with Crippen molar-refractivity contribution in [1.82, 2.24) is 19.3 Å². The number of nitrogens with one attached hydrogen (secondary N) is 1. The Morgan fingerprint density at radius 2 is 2.25 bits per heavy atom. The van der Waals surface area contributed by atoms with E-state index in [-0.39, 0.29) is 0 Å². The van der Waals surface area contributed by atoms with Crippen LogP contribution in [0.5, 0.6) is 5.88 Å². The Labute approximate surface area is 119 Å². The average Bonchev–Trinajstić information content (AvgIpc) is 2.89. The molecule has 2 aromatic heterocycles. The zero-order valence-corrected chi connectivity index (χ0v) is 12.5. The summed E-state index contributed by atoms with van der Waals surface area (Å²) in [7, 11) is 4.11. The van der Waals surface area contributed by atoms with Gasteiger partial charge in [0.15, 0.2) is 0 Å². The van der Waals surface area contributed by atoms with Gasteiger partial charge in [-0.25, -0.2) is 4.98 Å². The molecule has 0 aliphatic heterocycles. The smallest absolute Gasteiger partial charge is 0.260 e. The fraction of sp³-hybridized carbons (Fsp3) is 0.571. The van der Waals surface area contributed by atoms with Crippen LogP contribution in [0.2, 0.25) is 0 Å². The molecule has 6 heteroatoms. The highest BCUT2D eigenvalue weighted by Crippen LogP contribution is 2.18. The van der Waals surface area contributed by atoms with Crippen LogP contribution in [0, 0.1) is 0 Å². The molecule has 0 atom stereocenters. The van der Waals surface area contributed by atoms with E-state index < -0.39 is 0 Å². The molecule has 0 fully saturated rings. The summed E-state index contributed by atoms with van der Waals surface area (Å²) in [5.41, 5.74) is 0.761. The maximum atomic E-state index is 5.79. The largest absolute Gasteiger partial charge is 0.475 e. The second kappa shape index (κ2) is 7.09. The van der Waals surface area contributed by atoms with Gasteiger partial charge in [-0.15, -0.1) is 0 Å². The summed E-state index contributed by atoms with van der Waals surface area (Å²) < 4.78 is 7.72. The summed E-state index contributed by atoms with van der Waals surface area (Å²) in [6, 6.07) is 0. The number of imidazole rings is 1. The minimum atomic E-state index is 0.592. The molecule has 0 unspecified atom stereocenters. The standard InChI is InChI=1S/C14H23N5O/c1-4-6-15-12-11-19-9-7-16-13(19)14(17-12)20-10-5-8-18(2)3/h7,9,11,15H,4-6,8,10H2,1-3H3. The summed E-state index contributed by atoms with van der Waals surface area (Å²) in [5, 5.41) is 3.28. The van der Waals surface area contributed by atoms with Crippen LogP contribution in [-0.2, 0) is 0 Å². The molecular weight excluding hydrogens is 254 g/mol. The molecule has 110 valence electrons. The van der Waals surface area contributed by atoms with Gasteiger partial charge in [-0.1, -0.05) is 6.92 Å². The normalized spacial score (nSPS) is 11.2. The molecular formula is C14H23N5O. The minimum absolute atomic E-state index is 0.592. The van der Waals surface area contributed by atoms with E-state index in [0.717, 1.165) is 37.4 Å². The zero-order valence-electron chi connectivity index (χ0n) is 12.5. The Morgan fingerprint density at radius 1 is 1.40 bits per heavy atom. The van der Waals surface area contributed by atoms with Gasteiger partial charge < -0.3 is 15.0 Å². The van der Waals surface area contributed by atoms with Gasteiger partial charge in [-0.3, -0.25) is 4.40 Å². The van der Waals surface area contributed by atoms with Crippen LogP contribution in [0.25, 0.3) is 5.65 Å². The van der Waals surface area contributed by atoms with Crippen LogP contribution in [-0.4, -0.2) is 53.1 Å². The Balaban J connectivity index is 2.07. The van der Waals surface area contributed by atoms with E-state index in [1.807, 2.05) is 16.8 Å². The van der Waals surface area contributed by atoms with Crippen LogP contribution in [0.15, 0.2) is 18.6 Å². The molecule has 0 aliphatic carbocycles. The summed E-state index contributed by atoms with van der Waals surface area (Å²) in [4.78, 5) is 10.9. The first-order valence-electron chi connectivity index (χ1n) is 7.06. The van der Waals surface area contributed by atoms with Crippen LogP contribution < -0.4 is 10.1 Å². The molecule has 1 N–H and O–H groups in total. The van der Waals surface area contributed by atoms with Gasteiger partial charge in [-0.05, 0) is 26.9 Å². The third-order valence-corrected chi connectivity index (χ3v) is 2.89. The molecule has 0 aromatic carbocycles. The third-order valence-electron chi connectivity index (χ3n) is 2.89. The highest BCUT2D eigenvalue weighted by molar-refractivity contribution is 5.53. The number of ether oxygens (including phenoxy) is 1. The van der Waals surface area contributed by atoms with Gasteiger partial charge in [0.1, 0.15) is 5.82 Å². The number of fused-ring (bicyclic) bond motifs is 1. The van der Waals surface area contributed by atoms with E-state index in [2.05, 4.69) is 41.2 Å². The van der Waals surface area contributed by atoms with Crippen molar-refractivity contribution in [2.24, 2.45) is 0 Å². The van der Waals surface area contributed by atoms with Crippen LogP contribution in [0.4, 0.5) is 5.82 Å². The predicted molar refractivity (Wildman–Crippen MR) is 80.4 cm³/mol. The highest BCUT2D eigenvalue weighted by Gasteiger charge is 2.08. The first-order valence-corrected chi connectivity index (χ1v) is 7.06. The topological polar surface area (TPSA) is 54.7 Å². The summed E-state index contributed by atoms with van der Waals surface area (Å²) >= 11 is 0. The van der Waals surface area contributed by atoms with E-state index in [9.17, 15) is 0 Å². The van der Waals surface area contributed by atoms with Crippen molar-refractivity contribution in [2.75, 3.05) is 39.1 Å². The SMILES string of the molecule is CCCNc1cn2ccnc2c(OCCCN(C)C)n1. The first kappa shape index (κ1) is 14.6. The molecule has 2 heterocycles. The first-order chi connectivity index (χ1) is 9.70.